The van der Waals surface area contributed by atoms with Crippen LogP contribution in [0.4, 0.5) is 0 Å². The number of rotatable bonds is 2. The van der Waals surface area contributed by atoms with Crippen molar-refractivity contribution < 1.29 is 9.15 Å². The molecule has 0 saturated carbocycles. The minimum Gasteiger partial charge on any atom is -0.457 e. The van der Waals surface area contributed by atoms with Crippen LogP contribution >= 0.6 is 0 Å². The van der Waals surface area contributed by atoms with Crippen molar-refractivity contribution >= 4 is 22.6 Å². The third-order valence-electron chi connectivity index (χ3n) is 5.52. The lowest BCUT2D eigenvalue weighted by molar-refractivity contribution is 0.430. The molecule has 0 N–H and O–H groups in total. The summed E-state index contributed by atoms with van der Waals surface area (Å²) in [5, 5.41) is 1.16. The first-order valence-corrected chi connectivity index (χ1v) is 10.9. The van der Waals surface area contributed by atoms with E-state index in [1.165, 1.54) is 11.1 Å². The summed E-state index contributed by atoms with van der Waals surface area (Å²) in [5.41, 5.74) is 4.67. The molecule has 158 valence electrons. The minimum atomic E-state index is 0.0258. The highest BCUT2D eigenvalue weighted by atomic mass is 16.5. The summed E-state index contributed by atoms with van der Waals surface area (Å²) in [6.45, 7) is 13.4. The average Bonchev–Trinajstić information content (AvgIpc) is 2.71. The van der Waals surface area contributed by atoms with Gasteiger partial charge in [-0.1, -0.05) is 71.9 Å². The second kappa shape index (κ2) is 7.85. The molecule has 2 nitrogen and oxygen atoms in total. The lowest BCUT2D eigenvalue weighted by Gasteiger charge is -2.29. The van der Waals surface area contributed by atoms with Crippen LogP contribution in [0.25, 0.3) is 22.6 Å². The summed E-state index contributed by atoms with van der Waals surface area (Å²) in [6.07, 6.45) is 8.15. The van der Waals surface area contributed by atoms with E-state index in [0.717, 1.165) is 33.8 Å². The third kappa shape index (κ3) is 4.49. The summed E-state index contributed by atoms with van der Waals surface area (Å²) in [7, 11) is 0. The van der Waals surface area contributed by atoms with Crippen LogP contribution in [0.15, 0.2) is 83.0 Å². The maximum absolute atomic E-state index is 6.15. The van der Waals surface area contributed by atoms with E-state index < -0.39 is 0 Å². The van der Waals surface area contributed by atoms with Gasteiger partial charge in [-0.15, -0.1) is 0 Å². The monoisotopic (exact) mass is 411 g/mol. The van der Waals surface area contributed by atoms with Crippen LogP contribution in [0.3, 0.4) is 0 Å². The van der Waals surface area contributed by atoms with Crippen molar-refractivity contribution in [1.29, 1.82) is 0 Å². The Balaban J connectivity index is 1.71. The van der Waals surface area contributed by atoms with Gasteiger partial charge < -0.3 is 4.74 Å². The average molecular weight is 412 g/mol. The van der Waals surface area contributed by atoms with Crippen LogP contribution in [-0.4, -0.2) is 0 Å². The minimum absolute atomic E-state index is 0.0258. The Morgan fingerprint density at radius 3 is 2.29 bits per heavy atom. The van der Waals surface area contributed by atoms with E-state index in [-0.39, 0.29) is 10.8 Å². The van der Waals surface area contributed by atoms with Crippen molar-refractivity contribution in [2.75, 3.05) is 0 Å². The lowest BCUT2D eigenvalue weighted by atomic mass is 9.80. The highest BCUT2D eigenvalue weighted by Crippen LogP contribution is 2.42. The van der Waals surface area contributed by atoms with Crippen molar-refractivity contribution in [3.05, 3.63) is 95.5 Å². The van der Waals surface area contributed by atoms with Gasteiger partial charge >= 0.3 is 11.3 Å². The molecule has 31 heavy (non-hydrogen) atoms. The van der Waals surface area contributed by atoms with Gasteiger partial charge in [-0.05, 0) is 52.3 Å². The van der Waals surface area contributed by atoms with Gasteiger partial charge in [0.2, 0.25) is 0 Å². The van der Waals surface area contributed by atoms with E-state index in [1.54, 1.807) is 0 Å². The number of hydrogen-bond acceptors (Lipinski definition) is 1. The van der Waals surface area contributed by atoms with Gasteiger partial charge in [0, 0.05) is 23.8 Å². The summed E-state index contributed by atoms with van der Waals surface area (Å²) in [4.78, 5) is 0. The number of para-hydroxylation sites is 2. The fourth-order valence-electron chi connectivity index (χ4n) is 3.95. The van der Waals surface area contributed by atoms with Crippen molar-refractivity contribution in [3.8, 4) is 5.75 Å². The molecule has 2 aromatic carbocycles. The molecule has 0 radical (unpaired) electrons. The van der Waals surface area contributed by atoms with E-state index in [9.17, 15) is 0 Å². The first kappa shape index (κ1) is 21.1. The fourth-order valence-corrected chi connectivity index (χ4v) is 3.95. The number of allylic oxidation sites excluding steroid dienone is 4. The second-order valence-corrected chi connectivity index (χ2v) is 10.1. The largest absolute Gasteiger partial charge is 0.457 e. The van der Waals surface area contributed by atoms with Gasteiger partial charge in [0.25, 0.3) is 0 Å². The Morgan fingerprint density at radius 2 is 1.55 bits per heavy atom. The Hall–Kier alpha value is -3.13. The van der Waals surface area contributed by atoms with Crippen LogP contribution in [0.5, 0.6) is 5.75 Å². The molecular formula is C29H31O2+. The fraction of sp³-hybridized carbons (Fsp3) is 0.276. The molecule has 0 atom stereocenters. The van der Waals surface area contributed by atoms with Crippen LogP contribution in [0.1, 0.15) is 58.4 Å². The van der Waals surface area contributed by atoms with Crippen LogP contribution in [-0.2, 0) is 5.41 Å². The molecule has 1 aliphatic rings. The molecule has 3 aromatic rings. The predicted octanol–water partition coefficient (Wildman–Crippen LogP) is 8.43. The van der Waals surface area contributed by atoms with Gasteiger partial charge in [-0.3, -0.25) is 0 Å². The van der Waals surface area contributed by atoms with Gasteiger partial charge in [0.1, 0.15) is 11.5 Å². The third-order valence-corrected chi connectivity index (χ3v) is 5.52. The number of hydrogen-bond donors (Lipinski definition) is 0. The van der Waals surface area contributed by atoms with Crippen molar-refractivity contribution in [1.82, 2.24) is 0 Å². The van der Waals surface area contributed by atoms with Crippen LogP contribution < -0.4 is 4.74 Å². The second-order valence-electron chi connectivity index (χ2n) is 10.1. The molecule has 0 saturated heterocycles. The quantitative estimate of drug-likeness (QED) is 0.394. The molecular weight excluding hydrogens is 380 g/mol. The molecule has 0 bridgehead atoms. The molecule has 0 fully saturated rings. The van der Waals surface area contributed by atoms with Gasteiger partial charge in [0.15, 0.2) is 0 Å². The summed E-state index contributed by atoms with van der Waals surface area (Å²) < 4.78 is 12.3. The molecule has 2 heteroatoms. The number of benzene rings is 2. The SMILES string of the molecule is CC(C)(C)C1=C/C(=C/C=C\c2cc(C(C)(C)C)c3ccccc3[o+]2)Oc2ccccc21. The molecule has 0 amide bonds. The summed E-state index contributed by atoms with van der Waals surface area (Å²) >= 11 is 0. The molecule has 0 aliphatic carbocycles. The zero-order chi connectivity index (χ0) is 22.2. The van der Waals surface area contributed by atoms with E-state index in [0.29, 0.717) is 0 Å². The van der Waals surface area contributed by atoms with E-state index in [4.69, 9.17) is 9.15 Å². The first-order chi connectivity index (χ1) is 14.6. The molecule has 1 aliphatic heterocycles. The van der Waals surface area contributed by atoms with Crippen molar-refractivity contribution in [2.24, 2.45) is 5.41 Å². The molecule has 0 unspecified atom stereocenters. The Kier molecular flexibility index (Phi) is 5.35. The first-order valence-electron chi connectivity index (χ1n) is 10.9. The molecule has 4 rings (SSSR count). The van der Waals surface area contributed by atoms with Crippen LogP contribution in [0, 0.1) is 5.41 Å². The highest BCUT2D eigenvalue weighted by molar-refractivity contribution is 5.82. The van der Waals surface area contributed by atoms with Gasteiger partial charge in [-0.25, -0.2) is 4.42 Å². The maximum Gasteiger partial charge on any atom is 0.361 e. The van der Waals surface area contributed by atoms with Gasteiger partial charge in [0.05, 0.1) is 5.39 Å². The Bertz CT molecular complexity index is 1210. The number of fused-ring (bicyclic) bond motifs is 2. The Morgan fingerprint density at radius 1 is 0.839 bits per heavy atom. The highest BCUT2D eigenvalue weighted by Gasteiger charge is 2.26. The lowest BCUT2D eigenvalue weighted by Crippen LogP contribution is -2.14. The van der Waals surface area contributed by atoms with E-state index in [2.05, 4.69) is 78.0 Å². The topological polar surface area (TPSA) is 20.5 Å². The van der Waals surface area contributed by atoms with E-state index >= 15 is 0 Å². The predicted molar refractivity (Wildman–Crippen MR) is 131 cm³/mol. The van der Waals surface area contributed by atoms with Crippen molar-refractivity contribution in [3.63, 3.8) is 0 Å². The zero-order valence-corrected chi connectivity index (χ0v) is 19.3. The van der Waals surface area contributed by atoms with E-state index in [1.807, 2.05) is 42.5 Å². The summed E-state index contributed by atoms with van der Waals surface area (Å²) in [6, 6.07) is 18.6. The van der Waals surface area contributed by atoms with Crippen molar-refractivity contribution in [2.45, 2.75) is 47.0 Å². The Labute approximate surface area is 185 Å². The normalized spacial score (nSPS) is 15.8. The molecule has 2 heterocycles. The van der Waals surface area contributed by atoms with Gasteiger partial charge in [-0.2, -0.15) is 0 Å². The summed E-state index contributed by atoms with van der Waals surface area (Å²) in [5.74, 6) is 2.56. The smallest absolute Gasteiger partial charge is 0.361 e. The maximum atomic E-state index is 6.15. The molecule has 1 aromatic heterocycles. The molecule has 0 spiro atoms. The van der Waals surface area contributed by atoms with Crippen LogP contribution in [0.2, 0.25) is 0 Å². The standard InChI is InChI=1S/C29H31O2/c1-28(2,3)24-18-20(30-26-16-9-7-14-22(24)26)12-11-13-21-19-25(29(4,5)6)23-15-8-10-17-27(23)31-21/h7-19H,1-6H3/q+1. The zero-order valence-electron chi connectivity index (χ0n) is 19.3. The number of ether oxygens (including phenoxy) is 1.